The van der Waals surface area contributed by atoms with Gasteiger partial charge in [0.25, 0.3) is 18.2 Å². The van der Waals surface area contributed by atoms with Crippen LogP contribution < -0.4 is 5.32 Å². The maximum atomic E-state index is 13.3. The van der Waals surface area contributed by atoms with E-state index in [0.29, 0.717) is 24.0 Å². The zero-order valence-electron chi connectivity index (χ0n) is 24.2. The third kappa shape index (κ3) is 5.94. The number of allylic oxidation sites excluding steroid dienone is 1. The Morgan fingerprint density at radius 3 is 2.70 bits per heavy atom. The van der Waals surface area contributed by atoms with Crippen molar-refractivity contribution in [1.29, 1.82) is 5.26 Å². The Labute approximate surface area is 252 Å². The van der Waals surface area contributed by atoms with Crippen LogP contribution in [0.1, 0.15) is 53.2 Å². The van der Waals surface area contributed by atoms with Gasteiger partial charge in [0.15, 0.2) is 0 Å². The van der Waals surface area contributed by atoms with Crippen molar-refractivity contribution in [3.8, 4) is 6.07 Å². The number of anilines is 1. The van der Waals surface area contributed by atoms with Crippen molar-refractivity contribution in [2.45, 2.75) is 52.2 Å². The zero-order chi connectivity index (χ0) is 30.3. The Hall–Kier alpha value is -3.66. The number of carbonyl (C=O) groups excluding carboxylic acids is 2. The van der Waals surface area contributed by atoms with Crippen LogP contribution in [0.2, 0.25) is 0 Å². The fraction of sp³-hybridized carbons (Fsp3) is 0.484. The number of halogens is 2. The molecule has 3 aliphatic rings. The number of alkyl halides is 2. The second kappa shape index (κ2) is 11.8. The van der Waals surface area contributed by atoms with Crippen molar-refractivity contribution in [2.75, 3.05) is 38.2 Å². The van der Waals surface area contributed by atoms with Gasteiger partial charge in [0.1, 0.15) is 11.6 Å². The van der Waals surface area contributed by atoms with E-state index in [1.165, 1.54) is 12.1 Å². The van der Waals surface area contributed by atoms with Crippen LogP contribution in [-0.2, 0) is 22.6 Å². The van der Waals surface area contributed by atoms with Crippen LogP contribution in [0.4, 0.5) is 14.7 Å². The molecule has 2 amide bonds. The minimum Gasteiger partial charge on any atom is -0.380 e. The number of fused-ring (bicyclic) bond motifs is 1. The number of carbonyl (C=O) groups is 2. The van der Waals surface area contributed by atoms with Gasteiger partial charge >= 0.3 is 0 Å². The van der Waals surface area contributed by atoms with E-state index in [0.717, 1.165) is 68.1 Å². The van der Waals surface area contributed by atoms with E-state index < -0.39 is 12.3 Å². The van der Waals surface area contributed by atoms with E-state index in [9.17, 15) is 23.6 Å². The van der Waals surface area contributed by atoms with Crippen LogP contribution in [0.15, 0.2) is 42.0 Å². The number of amides is 2. The van der Waals surface area contributed by atoms with Gasteiger partial charge in [-0.3, -0.25) is 19.8 Å². The van der Waals surface area contributed by atoms with Crippen LogP contribution in [0.25, 0.3) is 11.0 Å². The number of ether oxygens (including phenoxy) is 1. The highest BCUT2D eigenvalue weighted by Crippen LogP contribution is 2.38. The lowest BCUT2D eigenvalue weighted by Gasteiger charge is -2.55. The quantitative estimate of drug-likeness (QED) is 0.264. The normalized spacial score (nSPS) is 20.1. The fourth-order valence-electron chi connectivity index (χ4n) is 6.30. The Kier molecular flexibility index (Phi) is 8.06. The molecule has 12 heteroatoms. The van der Waals surface area contributed by atoms with Crippen molar-refractivity contribution < 1.29 is 23.1 Å². The molecule has 3 fully saturated rings. The summed E-state index contributed by atoms with van der Waals surface area (Å²) in [5, 5.41) is 12.5. The third-order valence-corrected chi connectivity index (χ3v) is 9.42. The standard InChI is InChI=1S/C31H34F2N6O3S/c1-19(2)10-21(12-34)29(41)38-9-3-4-22(38)14-39-24-6-5-20(13-37-15-31(16-37)17-42-18-31)11-23(24)35-30(39)36-28(40)26-8-7-25(43-26)27(32)33/h5-8,10-11,19,22,27H,3-4,9,13-18H2,1-2H3,(H,35,36,40)/b21-10+/t22-/m1/s1. The Balaban J connectivity index is 1.28. The van der Waals surface area contributed by atoms with Crippen molar-refractivity contribution in [3.63, 3.8) is 0 Å². The highest BCUT2D eigenvalue weighted by molar-refractivity contribution is 7.14. The van der Waals surface area contributed by atoms with Gasteiger partial charge in [0.05, 0.1) is 40.0 Å². The molecule has 1 spiro atoms. The summed E-state index contributed by atoms with van der Waals surface area (Å²) in [4.78, 5) is 35.4. The largest absolute Gasteiger partial charge is 0.380 e. The first-order valence-corrected chi connectivity index (χ1v) is 15.4. The van der Waals surface area contributed by atoms with Crippen LogP contribution in [-0.4, -0.2) is 70.1 Å². The number of hydrogen-bond acceptors (Lipinski definition) is 7. The van der Waals surface area contributed by atoms with Crippen LogP contribution in [0, 0.1) is 22.7 Å². The molecule has 1 atom stereocenters. The van der Waals surface area contributed by atoms with Gasteiger partial charge in [0, 0.05) is 38.1 Å². The topological polar surface area (TPSA) is 103 Å². The lowest BCUT2D eigenvalue weighted by Crippen LogP contribution is -2.65. The minimum atomic E-state index is -2.65. The van der Waals surface area contributed by atoms with Crippen LogP contribution in [0.3, 0.4) is 0 Å². The van der Waals surface area contributed by atoms with E-state index in [4.69, 9.17) is 9.72 Å². The third-order valence-electron chi connectivity index (χ3n) is 8.33. The van der Waals surface area contributed by atoms with Gasteiger partial charge in [0.2, 0.25) is 5.95 Å². The number of benzene rings is 1. The smallest absolute Gasteiger partial charge is 0.272 e. The number of aromatic nitrogens is 2. The molecular formula is C31H34F2N6O3S. The first-order valence-electron chi connectivity index (χ1n) is 14.6. The molecule has 3 aliphatic heterocycles. The van der Waals surface area contributed by atoms with E-state index in [2.05, 4.69) is 22.4 Å². The molecule has 9 nitrogen and oxygen atoms in total. The average molecular weight is 609 g/mol. The van der Waals surface area contributed by atoms with E-state index in [-0.39, 0.29) is 39.1 Å². The molecular weight excluding hydrogens is 574 g/mol. The molecule has 0 saturated carbocycles. The van der Waals surface area contributed by atoms with Gasteiger partial charge in [-0.25, -0.2) is 13.8 Å². The summed E-state index contributed by atoms with van der Waals surface area (Å²) in [6, 6.07) is 10.5. The molecule has 0 aliphatic carbocycles. The van der Waals surface area contributed by atoms with E-state index in [1.54, 1.807) is 11.0 Å². The van der Waals surface area contributed by atoms with Gasteiger partial charge in [-0.05, 0) is 48.6 Å². The molecule has 1 N–H and O–H groups in total. The maximum Gasteiger partial charge on any atom is 0.272 e. The number of imidazole rings is 1. The summed E-state index contributed by atoms with van der Waals surface area (Å²) in [6.45, 7) is 9.17. The monoisotopic (exact) mass is 608 g/mol. The molecule has 2 aromatic heterocycles. The summed E-state index contributed by atoms with van der Waals surface area (Å²) in [6.07, 6.45) is 0.565. The molecule has 3 saturated heterocycles. The number of rotatable bonds is 9. The molecule has 6 rings (SSSR count). The molecule has 3 aromatic rings. The number of nitrogens with zero attached hydrogens (tertiary/aromatic N) is 5. The molecule has 1 aromatic carbocycles. The highest BCUT2D eigenvalue weighted by atomic mass is 32.1. The first-order chi connectivity index (χ1) is 20.6. The summed E-state index contributed by atoms with van der Waals surface area (Å²) >= 11 is 0.750. The predicted octanol–water partition coefficient (Wildman–Crippen LogP) is 5.22. The second-order valence-electron chi connectivity index (χ2n) is 12.2. The molecule has 0 unspecified atom stereocenters. The minimum absolute atomic E-state index is 0.0555. The van der Waals surface area contributed by atoms with Crippen molar-refractivity contribution in [1.82, 2.24) is 19.4 Å². The van der Waals surface area contributed by atoms with Gasteiger partial charge in [-0.1, -0.05) is 26.0 Å². The predicted molar refractivity (Wildman–Crippen MR) is 159 cm³/mol. The maximum absolute atomic E-state index is 13.3. The lowest BCUT2D eigenvalue weighted by atomic mass is 9.78. The number of nitriles is 1. The van der Waals surface area contributed by atoms with Crippen molar-refractivity contribution >= 4 is 40.1 Å². The van der Waals surface area contributed by atoms with Crippen LogP contribution in [0.5, 0.6) is 0 Å². The van der Waals surface area contributed by atoms with Crippen molar-refractivity contribution in [3.05, 3.63) is 57.3 Å². The first kappa shape index (κ1) is 29.4. The zero-order valence-corrected chi connectivity index (χ0v) is 25.0. The molecule has 226 valence electrons. The second-order valence-corrected chi connectivity index (χ2v) is 13.3. The van der Waals surface area contributed by atoms with Crippen LogP contribution >= 0.6 is 11.3 Å². The summed E-state index contributed by atoms with van der Waals surface area (Å²) in [5.74, 6) is -0.470. The summed E-state index contributed by atoms with van der Waals surface area (Å²) < 4.78 is 33.6. The number of nitrogens with one attached hydrogen (secondary N) is 1. The Morgan fingerprint density at radius 1 is 1.26 bits per heavy atom. The molecule has 43 heavy (non-hydrogen) atoms. The number of likely N-dealkylation sites (tertiary alicyclic amines) is 2. The SMILES string of the molecule is CC(C)/C=C(\C#N)C(=O)N1CCC[C@@H]1Cn1c(NC(=O)c2ccc(C(F)F)s2)nc2cc(CN3CC4(COC4)C3)ccc21. The fourth-order valence-corrected chi connectivity index (χ4v) is 7.06. The van der Waals surface area contributed by atoms with Gasteiger partial charge in [-0.15, -0.1) is 11.3 Å². The van der Waals surface area contributed by atoms with Crippen molar-refractivity contribution in [2.24, 2.45) is 11.3 Å². The number of thiophene rings is 1. The Bertz CT molecular complexity index is 1610. The summed E-state index contributed by atoms with van der Waals surface area (Å²) in [5.41, 5.74) is 3.03. The lowest BCUT2D eigenvalue weighted by molar-refractivity contribution is -0.191. The Morgan fingerprint density at radius 2 is 2.05 bits per heavy atom. The van der Waals surface area contributed by atoms with Gasteiger partial charge in [-0.2, -0.15) is 5.26 Å². The molecule has 0 radical (unpaired) electrons. The molecule has 0 bridgehead atoms. The highest BCUT2D eigenvalue weighted by Gasteiger charge is 2.48. The van der Waals surface area contributed by atoms with E-state index >= 15 is 0 Å². The summed E-state index contributed by atoms with van der Waals surface area (Å²) in [7, 11) is 0. The average Bonchev–Trinajstić information content (AvgIpc) is 3.67. The molecule has 5 heterocycles. The number of hydrogen-bond donors (Lipinski definition) is 1. The van der Waals surface area contributed by atoms with E-state index in [1.807, 2.05) is 30.5 Å². The van der Waals surface area contributed by atoms with Gasteiger partial charge < -0.3 is 14.2 Å².